The molecular formula is C23H27N5O3. The molecule has 0 N–H and O–H groups in total. The van der Waals surface area contributed by atoms with Gasteiger partial charge < -0.3 is 14.3 Å². The van der Waals surface area contributed by atoms with Crippen LogP contribution in [0, 0.1) is 0 Å². The maximum Gasteiger partial charge on any atom is 0.276 e. The maximum absolute atomic E-state index is 13.0. The summed E-state index contributed by atoms with van der Waals surface area (Å²) >= 11 is 0. The Labute approximate surface area is 180 Å². The molecule has 31 heavy (non-hydrogen) atoms. The quantitative estimate of drug-likeness (QED) is 0.647. The number of amides is 1. The molecule has 0 atom stereocenters. The van der Waals surface area contributed by atoms with Crippen LogP contribution in [0.15, 0.2) is 33.8 Å². The third kappa shape index (κ3) is 3.49. The predicted molar refractivity (Wildman–Crippen MR) is 118 cm³/mol. The van der Waals surface area contributed by atoms with Crippen molar-refractivity contribution in [2.24, 2.45) is 0 Å². The lowest BCUT2D eigenvalue weighted by Crippen LogP contribution is -2.49. The molecule has 5 rings (SSSR count). The SMILES string of the molecule is CC(C)n1cnc2cc(N3CCN(C(=O)c4noc5c4CCCC5)CC3)ccc2c1=O. The van der Waals surface area contributed by atoms with Crippen molar-refractivity contribution in [3.8, 4) is 0 Å². The summed E-state index contributed by atoms with van der Waals surface area (Å²) in [6.45, 7) is 6.64. The summed E-state index contributed by atoms with van der Waals surface area (Å²) in [6, 6.07) is 5.87. The molecule has 1 aromatic carbocycles. The Kier molecular flexibility index (Phi) is 5.00. The molecule has 1 fully saturated rings. The summed E-state index contributed by atoms with van der Waals surface area (Å²) < 4.78 is 7.07. The van der Waals surface area contributed by atoms with Crippen molar-refractivity contribution in [3.05, 3.63) is 51.9 Å². The number of fused-ring (bicyclic) bond motifs is 2. The van der Waals surface area contributed by atoms with E-state index < -0.39 is 0 Å². The molecule has 2 aliphatic rings. The van der Waals surface area contributed by atoms with Crippen LogP contribution in [0.5, 0.6) is 0 Å². The van der Waals surface area contributed by atoms with Crippen LogP contribution >= 0.6 is 0 Å². The lowest BCUT2D eigenvalue weighted by Gasteiger charge is -2.36. The van der Waals surface area contributed by atoms with Gasteiger partial charge in [-0.3, -0.25) is 14.2 Å². The summed E-state index contributed by atoms with van der Waals surface area (Å²) in [4.78, 5) is 34.2. The number of carbonyl (C=O) groups excluding carboxylic acids is 1. The second-order valence-electron chi connectivity index (χ2n) is 8.67. The van der Waals surface area contributed by atoms with Gasteiger partial charge in [-0.2, -0.15) is 0 Å². The molecule has 1 amide bonds. The number of aryl methyl sites for hydroxylation is 1. The number of nitrogens with zero attached hydrogens (tertiary/aromatic N) is 5. The first kappa shape index (κ1) is 19.8. The third-order valence-electron chi connectivity index (χ3n) is 6.41. The van der Waals surface area contributed by atoms with E-state index in [4.69, 9.17) is 4.52 Å². The van der Waals surface area contributed by atoms with Crippen molar-refractivity contribution in [2.45, 2.75) is 45.6 Å². The molecule has 0 unspecified atom stereocenters. The van der Waals surface area contributed by atoms with Gasteiger partial charge in [-0.25, -0.2) is 4.98 Å². The molecule has 8 heteroatoms. The highest BCUT2D eigenvalue weighted by Crippen LogP contribution is 2.26. The molecule has 1 aliphatic heterocycles. The van der Waals surface area contributed by atoms with Gasteiger partial charge in [-0.1, -0.05) is 5.16 Å². The van der Waals surface area contributed by atoms with Crippen LogP contribution in [-0.4, -0.2) is 51.7 Å². The number of aromatic nitrogens is 3. The lowest BCUT2D eigenvalue weighted by molar-refractivity contribution is 0.0735. The zero-order chi connectivity index (χ0) is 21.5. The van der Waals surface area contributed by atoms with Crippen molar-refractivity contribution >= 4 is 22.5 Å². The second kappa shape index (κ2) is 7.83. The number of hydrogen-bond acceptors (Lipinski definition) is 6. The first-order chi connectivity index (χ1) is 15.0. The minimum Gasteiger partial charge on any atom is -0.368 e. The van der Waals surface area contributed by atoms with Gasteiger partial charge in [0.25, 0.3) is 11.5 Å². The fourth-order valence-corrected chi connectivity index (χ4v) is 4.56. The predicted octanol–water partition coefficient (Wildman–Crippen LogP) is 2.81. The van der Waals surface area contributed by atoms with Crippen LogP contribution in [0.2, 0.25) is 0 Å². The van der Waals surface area contributed by atoms with Gasteiger partial charge in [0.05, 0.1) is 17.2 Å². The van der Waals surface area contributed by atoms with Gasteiger partial charge in [0, 0.05) is 49.9 Å². The normalized spacial score (nSPS) is 16.7. The zero-order valence-electron chi connectivity index (χ0n) is 18.0. The third-order valence-corrected chi connectivity index (χ3v) is 6.41. The minimum atomic E-state index is -0.0269. The Hall–Kier alpha value is -3.16. The Morgan fingerprint density at radius 1 is 1.10 bits per heavy atom. The molecule has 8 nitrogen and oxygen atoms in total. The van der Waals surface area contributed by atoms with Gasteiger partial charge in [0.2, 0.25) is 0 Å². The van der Waals surface area contributed by atoms with Crippen molar-refractivity contribution < 1.29 is 9.32 Å². The average Bonchev–Trinajstić information content (AvgIpc) is 3.22. The molecule has 162 valence electrons. The monoisotopic (exact) mass is 421 g/mol. The number of piperazine rings is 1. The van der Waals surface area contributed by atoms with E-state index in [2.05, 4.69) is 15.0 Å². The van der Waals surface area contributed by atoms with Crippen molar-refractivity contribution in [1.82, 2.24) is 19.6 Å². The van der Waals surface area contributed by atoms with Crippen LogP contribution in [0.25, 0.3) is 10.9 Å². The molecule has 1 saturated heterocycles. The highest BCUT2D eigenvalue weighted by molar-refractivity contribution is 5.94. The van der Waals surface area contributed by atoms with Gasteiger partial charge in [0.1, 0.15) is 5.76 Å². The summed E-state index contributed by atoms with van der Waals surface area (Å²) in [5.41, 5.74) is 3.21. The summed E-state index contributed by atoms with van der Waals surface area (Å²) in [5.74, 6) is 0.856. The van der Waals surface area contributed by atoms with E-state index in [-0.39, 0.29) is 17.5 Å². The lowest BCUT2D eigenvalue weighted by atomic mass is 9.96. The maximum atomic E-state index is 13.0. The van der Waals surface area contributed by atoms with Gasteiger partial charge in [-0.15, -0.1) is 0 Å². The smallest absolute Gasteiger partial charge is 0.276 e. The molecule has 2 aromatic heterocycles. The molecule has 3 aromatic rings. The van der Waals surface area contributed by atoms with E-state index in [1.165, 1.54) is 0 Å². The van der Waals surface area contributed by atoms with Crippen molar-refractivity contribution in [3.63, 3.8) is 0 Å². The number of rotatable bonds is 3. The summed E-state index contributed by atoms with van der Waals surface area (Å²) in [5, 5.41) is 4.72. The minimum absolute atomic E-state index is 0.0158. The molecular weight excluding hydrogens is 394 g/mol. The van der Waals surface area contributed by atoms with Crippen LogP contribution in [-0.2, 0) is 12.8 Å². The Morgan fingerprint density at radius 3 is 2.65 bits per heavy atom. The molecule has 0 radical (unpaired) electrons. The standard InChI is InChI=1S/C23H27N5O3/c1-15(2)28-14-24-19-13-16(7-8-17(19)22(28)29)26-9-11-27(12-10-26)23(30)21-18-5-3-4-6-20(18)31-25-21/h7-8,13-15H,3-6,9-12H2,1-2H3. The van der Waals surface area contributed by atoms with E-state index in [1.54, 1.807) is 10.9 Å². The van der Waals surface area contributed by atoms with Crippen molar-refractivity contribution in [2.75, 3.05) is 31.1 Å². The molecule has 0 spiro atoms. The number of anilines is 1. The Bertz CT molecular complexity index is 1190. The van der Waals surface area contributed by atoms with Crippen LogP contribution < -0.4 is 10.5 Å². The number of carbonyl (C=O) groups is 1. The zero-order valence-corrected chi connectivity index (χ0v) is 18.0. The fourth-order valence-electron chi connectivity index (χ4n) is 4.56. The highest BCUT2D eigenvalue weighted by Gasteiger charge is 2.29. The fraction of sp³-hybridized carbons (Fsp3) is 0.478. The van der Waals surface area contributed by atoms with Gasteiger partial charge in [-0.05, 0) is 51.3 Å². The molecule has 0 saturated carbocycles. The Balaban J connectivity index is 1.31. The van der Waals surface area contributed by atoms with Crippen LogP contribution in [0.3, 0.4) is 0 Å². The van der Waals surface area contributed by atoms with Gasteiger partial charge in [0.15, 0.2) is 5.69 Å². The molecule has 0 bridgehead atoms. The number of benzene rings is 1. The topological polar surface area (TPSA) is 84.5 Å². The first-order valence-corrected chi connectivity index (χ1v) is 11.1. The van der Waals surface area contributed by atoms with Crippen LogP contribution in [0.4, 0.5) is 5.69 Å². The molecule has 1 aliphatic carbocycles. The Morgan fingerprint density at radius 2 is 1.87 bits per heavy atom. The summed E-state index contributed by atoms with van der Waals surface area (Å²) in [7, 11) is 0. The largest absolute Gasteiger partial charge is 0.368 e. The number of hydrogen-bond donors (Lipinski definition) is 0. The van der Waals surface area contributed by atoms with Crippen LogP contribution in [0.1, 0.15) is 54.5 Å². The average molecular weight is 422 g/mol. The van der Waals surface area contributed by atoms with E-state index in [9.17, 15) is 9.59 Å². The van der Waals surface area contributed by atoms with Crippen molar-refractivity contribution in [1.29, 1.82) is 0 Å². The molecule has 3 heterocycles. The second-order valence-corrected chi connectivity index (χ2v) is 8.67. The highest BCUT2D eigenvalue weighted by atomic mass is 16.5. The van der Waals surface area contributed by atoms with E-state index in [1.807, 2.05) is 36.9 Å². The van der Waals surface area contributed by atoms with E-state index >= 15 is 0 Å². The van der Waals surface area contributed by atoms with Gasteiger partial charge >= 0.3 is 0 Å². The first-order valence-electron chi connectivity index (χ1n) is 11.1. The van der Waals surface area contributed by atoms with E-state index in [0.717, 1.165) is 55.8 Å². The van der Waals surface area contributed by atoms with E-state index in [0.29, 0.717) is 29.7 Å². The summed E-state index contributed by atoms with van der Waals surface area (Å²) in [6.07, 6.45) is 5.55.